The van der Waals surface area contributed by atoms with Crippen molar-refractivity contribution in [3.05, 3.63) is 90.3 Å². The van der Waals surface area contributed by atoms with Gasteiger partial charge in [0, 0.05) is 48.4 Å². The van der Waals surface area contributed by atoms with E-state index >= 15 is 0 Å². The lowest BCUT2D eigenvalue weighted by molar-refractivity contribution is -0.198. The Morgan fingerprint density at radius 2 is 1.73 bits per heavy atom. The van der Waals surface area contributed by atoms with Crippen LogP contribution in [0.4, 0.5) is 0 Å². The molecule has 2 atom stereocenters. The first kappa shape index (κ1) is 30.8. The Hall–Kier alpha value is -4.21. The van der Waals surface area contributed by atoms with Gasteiger partial charge < -0.3 is 14.7 Å². The Kier molecular flexibility index (Phi) is 8.18. The number of benzene rings is 2. The molecule has 0 bridgehead atoms. The van der Waals surface area contributed by atoms with Crippen molar-refractivity contribution in [2.45, 2.75) is 79.0 Å². The van der Waals surface area contributed by atoms with Crippen molar-refractivity contribution in [2.75, 3.05) is 13.1 Å². The summed E-state index contributed by atoms with van der Waals surface area (Å²) in [5.41, 5.74) is 5.53. The first-order valence-corrected chi connectivity index (χ1v) is 15.7. The number of hydrogen-bond acceptors (Lipinski definition) is 6. The largest absolute Gasteiger partial charge is 0.478 e. The van der Waals surface area contributed by atoms with E-state index in [0.29, 0.717) is 6.54 Å². The van der Waals surface area contributed by atoms with E-state index in [1.165, 1.54) is 5.56 Å². The van der Waals surface area contributed by atoms with E-state index in [4.69, 9.17) is 9.72 Å². The number of nitrogens with zero attached hydrogens (tertiary/aromatic N) is 6. The second-order valence-electron chi connectivity index (χ2n) is 14.0. The second-order valence-corrected chi connectivity index (χ2v) is 14.0. The lowest BCUT2D eigenvalue weighted by Crippen LogP contribution is -2.56. The predicted molar refractivity (Wildman–Crippen MR) is 176 cm³/mol. The van der Waals surface area contributed by atoms with E-state index in [1.54, 1.807) is 0 Å². The number of carbonyl (C=O) groups is 1. The molecule has 1 N–H and O–H groups in total. The van der Waals surface area contributed by atoms with Gasteiger partial charge in [0.25, 0.3) is 0 Å². The van der Waals surface area contributed by atoms with Crippen LogP contribution in [0.25, 0.3) is 28.5 Å². The number of allylic oxidation sites excluding steroid dienone is 1. The van der Waals surface area contributed by atoms with E-state index in [0.717, 1.165) is 59.8 Å². The van der Waals surface area contributed by atoms with Crippen molar-refractivity contribution in [2.24, 2.45) is 5.41 Å². The molecule has 0 radical (unpaired) electrons. The highest BCUT2D eigenvalue weighted by atomic mass is 16.5. The van der Waals surface area contributed by atoms with Crippen LogP contribution in [0.3, 0.4) is 0 Å². The summed E-state index contributed by atoms with van der Waals surface area (Å²) in [5, 5.41) is 15.0. The quantitative estimate of drug-likeness (QED) is 0.232. The van der Waals surface area contributed by atoms with Crippen LogP contribution in [0.15, 0.2) is 78.9 Å². The van der Waals surface area contributed by atoms with Crippen LogP contribution in [-0.2, 0) is 16.1 Å². The molecule has 1 fully saturated rings. The Balaban J connectivity index is 1.35. The molecular weight excluding hydrogens is 564 g/mol. The summed E-state index contributed by atoms with van der Waals surface area (Å²) in [6.07, 6.45) is 8.50. The number of ether oxygens (including phenoxy) is 1. The SMILES string of the molecule is CC1=Cc2nc(-c3cccc(-c4cnn(Cc5ccccc5)c4)c3)cn2C(N2CCC(C)(C)CC2)N1C(OC(C)(C)C)C(=O)O. The van der Waals surface area contributed by atoms with Crippen LogP contribution in [0.5, 0.6) is 0 Å². The van der Waals surface area contributed by atoms with Gasteiger partial charge in [-0.15, -0.1) is 0 Å². The average molecular weight is 609 g/mol. The molecule has 0 amide bonds. The van der Waals surface area contributed by atoms with Gasteiger partial charge in [-0.1, -0.05) is 62.4 Å². The van der Waals surface area contributed by atoms with Crippen LogP contribution < -0.4 is 0 Å². The summed E-state index contributed by atoms with van der Waals surface area (Å²) < 4.78 is 10.3. The molecule has 0 saturated carbocycles. The second kappa shape index (κ2) is 11.9. The smallest absolute Gasteiger partial charge is 0.354 e. The van der Waals surface area contributed by atoms with Gasteiger partial charge in [0.05, 0.1) is 24.0 Å². The maximum Gasteiger partial charge on any atom is 0.354 e. The molecular formula is C36H44N6O3. The maximum absolute atomic E-state index is 12.7. The fourth-order valence-electron chi connectivity index (χ4n) is 6.22. The minimum Gasteiger partial charge on any atom is -0.478 e. The van der Waals surface area contributed by atoms with Crippen LogP contribution in [0.2, 0.25) is 0 Å². The molecule has 236 valence electrons. The molecule has 4 heterocycles. The molecule has 6 rings (SSSR count). The molecule has 2 unspecified atom stereocenters. The molecule has 1 saturated heterocycles. The number of hydrogen-bond donors (Lipinski definition) is 1. The van der Waals surface area contributed by atoms with E-state index in [9.17, 15) is 9.90 Å². The number of fused-ring (bicyclic) bond motifs is 1. The van der Waals surface area contributed by atoms with Gasteiger partial charge in [-0.2, -0.15) is 5.10 Å². The topological polar surface area (TPSA) is 88.7 Å². The van der Waals surface area contributed by atoms with Crippen LogP contribution in [0, 0.1) is 5.41 Å². The van der Waals surface area contributed by atoms with Crippen LogP contribution in [-0.4, -0.2) is 65.1 Å². The molecule has 9 nitrogen and oxygen atoms in total. The highest BCUT2D eigenvalue weighted by Crippen LogP contribution is 2.40. The van der Waals surface area contributed by atoms with Crippen molar-refractivity contribution in [1.82, 2.24) is 29.1 Å². The first-order valence-electron chi connectivity index (χ1n) is 15.7. The third-order valence-corrected chi connectivity index (χ3v) is 8.72. The zero-order chi connectivity index (χ0) is 31.9. The van der Waals surface area contributed by atoms with Crippen molar-refractivity contribution < 1.29 is 14.6 Å². The lowest BCUT2D eigenvalue weighted by atomic mass is 9.82. The zero-order valence-electron chi connectivity index (χ0n) is 27.1. The normalized spacial score (nSPS) is 19.2. The predicted octanol–water partition coefficient (Wildman–Crippen LogP) is 6.94. The molecule has 2 aromatic carbocycles. The Morgan fingerprint density at radius 3 is 2.42 bits per heavy atom. The number of piperidine rings is 1. The number of imidazole rings is 1. The number of aromatic nitrogens is 4. The van der Waals surface area contributed by atoms with Gasteiger partial charge in [-0.05, 0) is 63.1 Å². The first-order chi connectivity index (χ1) is 21.4. The average Bonchev–Trinajstić information content (AvgIpc) is 3.63. The molecule has 0 spiro atoms. The van der Waals surface area contributed by atoms with Crippen LogP contribution >= 0.6 is 0 Å². The number of carboxylic acid groups (broad SMARTS) is 1. The monoisotopic (exact) mass is 608 g/mol. The highest BCUT2D eigenvalue weighted by Gasteiger charge is 2.43. The van der Waals surface area contributed by atoms with E-state index in [-0.39, 0.29) is 11.7 Å². The van der Waals surface area contributed by atoms with Gasteiger partial charge in [-0.3, -0.25) is 14.1 Å². The van der Waals surface area contributed by atoms with E-state index < -0.39 is 17.8 Å². The standard InChI is InChI=1S/C36H44N6O3/c1-25-19-31-38-30(28-14-10-13-27(20-28)29-21-37-40(23-29)22-26-11-8-7-9-12-26)24-41(31)34(39-17-15-36(5,6)16-18-39)42(25)32(33(43)44)45-35(2,3)4/h7-14,19-21,23-24,32,34H,15-18,22H2,1-6H3,(H,43,44). The molecule has 2 aromatic heterocycles. The van der Waals surface area contributed by atoms with Crippen molar-refractivity contribution in [1.29, 1.82) is 0 Å². The van der Waals surface area contributed by atoms with Crippen molar-refractivity contribution in [3.63, 3.8) is 0 Å². The van der Waals surface area contributed by atoms with Gasteiger partial charge >= 0.3 is 5.97 Å². The van der Waals surface area contributed by atoms with Gasteiger partial charge in [0.1, 0.15) is 5.82 Å². The Morgan fingerprint density at radius 1 is 1.02 bits per heavy atom. The van der Waals surface area contributed by atoms with Gasteiger partial charge in [0.15, 0.2) is 6.29 Å². The van der Waals surface area contributed by atoms with E-state index in [2.05, 4.69) is 71.1 Å². The molecule has 2 aliphatic heterocycles. The Labute approximate surface area is 265 Å². The minimum absolute atomic E-state index is 0.243. The van der Waals surface area contributed by atoms with Crippen LogP contribution in [0.1, 0.15) is 72.1 Å². The number of rotatable bonds is 8. The maximum atomic E-state index is 12.7. The van der Waals surface area contributed by atoms with Gasteiger partial charge in [-0.25, -0.2) is 9.78 Å². The lowest BCUT2D eigenvalue weighted by Gasteiger charge is -2.49. The molecule has 0 aliphatic carbocycles. The number of carboxylic acids is 1. The summed E-state index contributed by atoms with van der Waals surface area (Å²) in [6, 6.07) is 18.7. The molecule has 45 heavy (non-hydrogen) atoms. The summed E-state index contributed by atoms with van der Waals surface area (Å²) in [5.74, 6) is -0.209. The van der Waals surface area contributed by atoms with Crippen molar-refractivity contribution >= 4 is 12.0 Å². The fraction of sp³-hybridized carbons (Fsp3) is 0.417. The third-order valence-electron chi connectivity index (χ3n) is 8.72. The summed E-state index contributed by atoms with van der Waals surface area (Å²) >= 11 is 0. The van der Waals surface area contributed by atoms with Crippen molar-refractivity contribution in [3.8, 4) is 22.4 Å². The third kappa shape index (κ3) is 6.74. The molecule has 2 aliphatic rings. The summed E-state index contributed by atoms with van der Waals surface area (Å²) in [7, 11) is 0. The summed E-state index contributed by atoms with van der Waals surface area (Å²) in [6.45, 7) is 14.6. The Bertz CT molecular complexity index is 1690. The summed E-state index contributed by atoms with van der Waals surface area (Å²) in [4.78, 5) is 22.1. The minimum atomic E-state index is -1.16. The zero-order valence-corrected chi connectivity index (χ0v) is 27.1. The molecule has 4 aromatic rings. The van der Waals surface area contributed by atoms with Gasteiger partial charge in [0.2, 0.25) is 6.23 Å². The van der Waals surface area contributed by atoms with E-state index in [1.807, 2.05) is 73.8 Å². The fourth-order valence-corrected chi connectivity index (χ4v) is 6.22. The molecule has 9 heteroatoms. The number of aliphatic carboxylic acids is 1. The highest BCUT2D eigenvalue weighted by molar-refractivity contribution is 5.73. The number of likely N-dealkylation sites (tertiary alicyclic amines) is 1.